The van der Waals surface area contributed by atoms with Gasteiger partial charge in [0.2, 0.25) is 0 Å². The Morgan fingerprint density at radius 2 is 2.10 bits per heavy atom. The smallest absolute Gasteiger partial charge is 0.0809 e. The fourth-order valence-corrected chi connectivity index (χ4v) is 3.47. The molecule has 1 N–H and O–H groups in total. The molecule has 1 aromatic carbocycles. The fraction of sp³-hybridized carbons (Fsp3) is 0.133. The van der Waals surface area contributed by atoms with Crippen molar-refractivity contribution in [2.45, 2.75) is 6.04 Å². The normalized spacial score (nSPS) is 12.8. The molecule has 0 spiro atoms. The van der Waals surface area contributed by atoms with Crippen molar-refractivity contribution < 1.29 is 0 Å². The van der Waals surface area contributed by atoms with Gasteiger partial charge in [-0.2, -0.15) is 0 Å². The summed E-state index contributed by atoms with van der Waals surface area (Å²) in [4.78, 5) is 4.48. The Morgan fingerprint density at radius 1 is 1.25 bits per heavy atom. The van der Waals surface area contributed by atoms with Gasteiger partial charge in [-0.15, -0.1) is 11.3 Å². The van der Waals surface area contributed by atoms with E-state index in [9.17, 15) is 0 Å². The lowest BCUT2D eigenvalue weighted by molar-refractivity contribution is 0.690. The second-order valence-corrected chi connectivity index (χ2v) is 6.17. The molecule has 0 bridgehead atoms. The van der Waals surface area contributed by atoms with Crippen LogP contribution in [0.5, 0.6) is 0 Å². The molecule has 0 saturated carbocycles. The summed E-state index contributed by atoms with van der Waals surface area (Å²) in [5, 5.41) is 6.47. The van der Waals surface area contributed by atoms with Crippen molar-refractivity contribution in [2.75, 3.05) is 7.05 Å². The minimum Gasteiger partial charge on any atom is -0.309 e. The Morgan fingerprint density at radius 3 is 2.90 bits per heavy atom. The van der Waals surface area contributed by atoms with E-state index >= 15 is 0 Å². The lowest BCUT2D eigenvalue weighted by Crippen LogP contribution is -2.18. The highest BCUT2D eigenvalue weighted by Crippen LogP contribution is 2.34. The number of hydrogen-bond acceptors (Lipinski definition) is 3. The summed E-state index contributed by atoms with van der Waals surface area (Å²) in [5.41, 5.74) is 3.05. The van der Waals surface area contributed by atoms with Crippen LogP contribution in [0.15, 0.2) is 41.9 Å². The predicted octanol–water partition coefficient (Wildman–Crippen LogP) is 4.91. The van der Waals surface area contributed by atoms with E-state index in [0.29, 0.717) is 10.0 Å². The monoisotopic (exact) mass is 322 g/mol. The van der Waals surface area contributed by atoms with Gasteiger partial charge in [-0.25, -0.2) is 0 Å². The molecule has 2 aromatic heterocycles. The van der Waals surface area contributed by atoms with Gasteiger partial charge in [0.1, 0.15) is 0 Å². The van der Waals surface area contributed by atoms with E-state index in [-0.39, 0.29) is 6.04 Å². The minimum absolute atomic E-state index is 0.0276. The average molecular weight is 323 g/mol. The van der Waals surface area contributed by atoms with Crippen LogP contribution in [0.1, 0.15) is 17.2 Å². The van der Waals surface area contributed by atoms with E-state index in [1.165, 1.54) is 4.70 Å². The van der Waals surface area contributed by atoms with Crippen LogP contribution in [-0.4, -0.2) is 12.0 Å². The third-order valence-corrected chi connectivity index (χ3v) is 4.92. The molecule has 5 heteroatoms. The van der Waals surface area contributed by atoms with Crippen molar-refractivity contribution in [3.63, 3.8) is 0 Å². The van der Waals surface area contributed by atoms with E-state index in [1.807, 2.05) is 36.8 Å². The first-order chi connectivity index (χ1) is 9.70. The molecule has 20 heavy (non-hydrogen) atoms. The van der Waals surface area contributed by atoms with Gasteiger partial charge in [-0.05, 0) is 41.8 Å². The summed E-state index contributed by atoms with van der Waals surface area (Å²) >= 11 is 14.1. The van der Waals surface area contributed by atoms with Gasteiger partial charge in [0.25, 0.3) is 0 Å². The largest absolute Gasteiger partial charge is 0.309 e. The maximum atomic E-state index is 6.32. The molecule has 0 fully saturated rings. The Balaban J connectivity index is 2.10. The van der Waals surface area contributed by atoms with E-state index in [4.69, 9.17) is 23.2 Å². The Labute approximate surface area is 131 Å². The Bertz CT molecular complexity index is 754. The summed E-state index contributed by atoms with van der Waals surface area (Å²) in [6.45, 7) is 0. The number of nitrogens with one attached hydrogen (secondary N) is 1. The highest BCUT2D eigenvalue weighted by atomic mass is 35.5. The fourth-order valence-electron chi connectivity index (χ4n) is 2.26. The van der Waals surface area contributed by atoms with Crippen LogP contribution in [0.3, 0.4) is 0 Å². The molecule has 3 aromatic rings. The number of aromatic nitrogens is 1. The van der Waals surface area contributed by atoms with Gasteiger partial charge in [0.15, 0.2) is 0 Å². The van der Waals surface area contributed by atoms with Gasteiger partial charge in [0, 0.05) is 6.20 Å². The van der Waals surface area contributed by atoms with Crippen LogP contribution in [0.2, 0.25) is 10.0 Å². The van der Waals surface area contributed by atoms with Gasteiger partial charge in [0.05, 0.1) is 26.3 Å². The number of benzene rings is 1. The lowest BCUT2D eigenvalue weighted by Gasteiger charge is -2.18. The van der Waals surface area contributed by atoms with Crippen LogP contribution >= 0.6 is 34.5 Å². The van der Waals surface area contributed by atoms with Gasteiger partial charge in [-0.1, -0.05) is 35.3 Å². The molecule has 0 aliphatic carbocycles. The van der Waals surface area contributed by atoms with Crippen LogP contribution in [-0.2, 0) is 0 Å². The van der Waals surface area contributed by atoms with Gasteiger partial charge < -0.3 is 5.32 Å². The number of nitrogens with zero attached hydrogens (tertiary/aromatic N) is 1. The van der Waals surface area contributed by atoms with Crippen molar-refractivity contribution in [3.05, 3.63) is 63.1 Å². The summed E-state index contributed by atoms with van der Waals surface area (Å²) in [6, 6.07) is 9.82. The molecule has 0 aliphatic rings. The molecule has 102 valence electrons. The number of thiophene rings is 1. The molecule has 2 nitrogen and oxygen atoms in total. The van der Waals surface area contributed by atoms with Crippen molar-refractivity contribution in [3.8, 4) is 0 Å². The van der Waals surface area contributed by atoms with Crippen LogP contribution in [0.25, 0.3) is 10.2 Å². The molecular formula is C15H12Cl2N2S. The molecule has 1 unspecified atom stereocenters. The van der Waals surface area contributed by atoms with Crippen molar-refractivity contribution >= 4 is 44.8 Å². The molecule has 0 aliphatic heterocycles. The topological polar surface area (TPSA) is 24.9 Å². The SMILES string of the molecule is CNC(c1cnc2ccsc2c1)c1cccc(Cl)c1Cl. The molecule has 0 amide bonds. The molecule has 0 radical (unpaired) electrons. The summed E-state index contributed by atoms with van der Waals surface area (Å²) < 4.78 is 1.17. The van der Waals surface area contributed by atoms with Crippen molar-refractivity contribution in [2.24, 2.45) is 0 Å². The first-order valence-corrected chi connectivity index (χ1v) is 7.78. The first-order valence-electron chi connectivity index (χ1n) is 6.15. The molecule has 1 atom stereocenters. The van der Waals surface area contributed by atoms with Gasteiger partial charge in [-0.3, -0.25) is 4.98 Å². The molecule has 2 heterocycles. The first kappa shape index (κ1) is 13.8. The van der Waals surface area contributed by atoms with E-state index in [0.717, 1.165) is 16.6 Å². The molecule has 0 saturated heterocycles. The van der Waals surface area contributed by atoms with E-state index in [2.05, 4.69) is 16.4 Å². The minimum atomic E-state index is -0.0276. The third kappa shape index (κ3) is 2.42. The van der Waals surface area contributed by atoms with Crippen LogP contribution in [0.4, 0.5) is 0 Å². The third-order valence-electron chi connectivity index (χ3n) is 3.24. The maximum absolute atomic E-state index is 6.32. The number of halogens is 2. The number of fused-ring (bicyclic) bond motifs is 1. The standard InChI is InChI=1S/C15H12Cl2N2S/c1-18-15(10-3-2-4-11(16)14(10)17)9-7-13-12(19-8-9)5-6-20-13/h2-8,15,18H,1H3. The van der Waals surface area contributed by atoms with Crippen LogP contribution in [0, 0.1) is 0 Å². The Kier molecular flexibility index (Phi) is 3.94. The maximum Gasteiger partial charge on any atom is 0.0809 e. The number of hydrogen-bond donors (Lipinski definition) is 1. The zero-order valence-electron chi connectivity index (χ0n) is 10.7. The quantitative estimate of drug-likeness (QED) is 0.740. The molecular weight excluding hydrogens is 311 g/mol. The van der Waals surface area contributed by atoms with Crippen LogP contribution < -0.4 is 5.32 Å². The second-order valence-electron chi connectivity index (χ2n) is 4.44. The highest BCUT2D eigenvalue weighted by molar-refractivity contribution is 7.17. The summed E-state index contributed by atoms with van der Waals surface area (Å²) in [7, 11) is 1.90. The number of pyridine rings is 1. The average Bonchev–Trinajstić information content (AvgIpc) is 2.92. The van der Waals surface area contributed by atoms with Crippen molar-refractivity contribution in [1.29, 1.82) is 0 Å². The lowest BCUT2D eigenvalue weighted by atomic mass is 10.00. The Hall–Kier alpha value is -1.13. The van der Waals surface area contributed by atoms with E-state index in [1.54, 1.807) is 17.4 Å². The van der Waals surface area contributed by atoms with Crippen molar-refractivity contribution in [1.82, 2.24) is 10.3 Å². The molecule has 3 rings (SSSR count). The highest BCUT2D eigenvalue weighted by Gasteiger charge is 2.17. The summed E-state index contributed by atoms with van der Waals surface area (Å²) in [5.74, 6) is 0. The number of rotatable bonds is 3. The summed E-state index contributed by atoms with van der Waals surface area (Å²) in [6.07, 6.45) is 1.88. The zero-order chi connectivity index (χ0) is 14.1. The zero-order valence-corrected chi connectivity index (χ0v) is 13.1. The van der Waals surface area contributed by atoms with Gasteiger partial charge >= 0.3 is 0 Å². The predicted molar refractivity (Wildman–Crippen MR) is 87.0 cm³/mol. The van der Waals surface area contributed by atoms with E-state index < -0.39 is 0 Å². The second kappa shape index (κ2) is 5.70.